The normalized spacial score (nSPS) is 20.5. The number of para-hydroxylation sites is 1. The number of hydrogen-bond acceptors (Lipinski definition) is 5. The van der Waals surface area contributed by atoms with Crippen molar-refractivity contribution >= 4 is 11.6 Å². The number of aliphatic hydroxyl groups excluding tert-OH is 1. The van der Waals surface area contributed by atoms with Gasteiger partial charge in [0.25, 0.3) is 5.91 Å². The molecule has 21 heavy (non-hydrogen) atoms. The van der Waals surface area contributed by atoms with Gasteiger partial charge in [0.05, 0.1) is 23.2 Å². The lowest BCUT2D eigenvalue weighted by Crippen LogP contribution is -2.38. The zero-order chi connectivity index (χ0) is 15.4. The van der Waals surface area contributed by atoms with E-state index in [2.05, 4.69) is 5.32 Å². The minimum Gasteiger partial charge on any atom is -0.487 e. The van der Waals surface area contributed by atoms with Crippen LogP contribution in [-0.2, 0) is 0 Å². The molecule has 1 amide bonds. The standard InChI is InChI=1S/C14H18N2O5/c1-2-21-13-11(4-3-5-12(13)16(19)20)14(18)15-8-9-6-10(17)7-9/h3-5,9-10,17H,2,6-8H2,1H3,(H,15,18). The molecule has 0 saturated heterocycles. The molecule has 0 radical (unpaired) electrons. The maximum atomic E-state index is 12.2. The summed E-state index contributed by atoms with van der Waals surface area (Å²) in [6.07, 6.45) is 1.07. The molecule has 1 fully saturated rings. The van der Waals surface area contributed by atoms with E-state index in [9.17, 15) is 20.0 Å². The highest BCUT2D eigenvalue weighted by Gasteiger charge is 2.28. The van der Waals surface area contributed by atoms with Crippen LogP contribution in [-0.4, -0.2) is 35.2 Å². The molecule has 0 bridgehead atoms. The first-order valence-corrected chi connectivity index (χ1v) is 6.89. The van der Waals surface area contributed by atoms with Gasteiger partial charge in [-0.25, -0.2) is 0 Å². The van der Waals surface area contributed by atoms with Crippen LogP contribution in [0.4, 0.5) is 5.69 Å². The van der Waals surface area contributed by atoms with Crippen LogP contribution in [0.2, 0.25) is 0 Å². The Bertz CT molecular complexity index is 540. The van der Waals surface area contributed by atoms with Gasteiger partial charge < -0.3 is 15.2 Å². The van der Waals surface area contributed by atoms with E-state index in [1.54, 1.807) is 6.92 Å². The van der Waals surface area contributed by atoms with Crippen molar-refractivity contribution in [3.8, 4) is 5.75 Å². The van der Waals surface area contributed by atoms with Crippen LogP contribution in [0.25, 0.3) is 0 Å². The summed E-state index contributed by atoms with van der Waals surface area (Å²) in [6, 6.07) is 4.27. The molecule has 2 rings (SSSR count). The molecule has 0 atom stereocenters. The lowest BCUT2D eigenvalue weighted by Gasteiger charge is -2.31. The Morgan fingerprint density at radius 3 is 2.81 bits per heavy atom. The molecule has 0 aromatic heterocycles. The first-order chi connectivity index (χ1) is 10.0. The summed E-state index contributed by atoms with van der Waals surface area (Å²) in [7, 11) is 0. The number of amides is 1. The lowest BCUT2D eigenvalue weighted by atomic mass is 9.82. The first-order valence-electron chi connectivity index (χ1n) is 6.89. The quantitative estimate of drug-likeness (QED) is 0.611. The van der Waals surface area contributed by atoms with E-state index in [0.29, 0.717) is 19.4 Å². The van der Waals surface area contributed by atoms with Gasteiger partial charge in [-0.15, -0.1) is 0 Å². The number of nitrogens with one attached hydrogen (secondary N) is 1. The van der Waals surface area contributed by atoms with E-state index < -0.39 is 10.8 Å². The van der Waals surface area contributed by atoms with Crippen LogP contribution in [0, 0.1) is 16.0 Å². The minimum atomic E-state index is -0.565. The van der Waals surface area contributed by atoms with Gasteiger partial charge in [0.1, 0.15) is 0 Å². The number of rotatable bonds is 6. The van der Waals surface area contributed by atoms with Crippen LogP contribution in [0.5, 0.6) is 5.75 Å². The highest BCUT2D eigenvalue weighted by atomic mass is 16.6. The number of carbonyl (C=O) groups is 1. The highest BCUT2D eigenvalue weighted by Crippen LogP contribution is 2.31. The predicted molar refractivity (Wildman–Crippen MR) is 75.3 cm³/mol. The van der Waals surface area contributed by atoms with Gasteiger partial charge in [-0.05, 0) is 31.7 Å². The second kappa shape index (κ2) is 6.53. The molecule has 1 aliphatic carbocycles. The lowest BCUT2D eigenvalue weighted by molar-refractivity contribution is -0.385. The predicted octanol–water partition coefficient (Wildman–Crippen LogP) is 1.49. The summed E-state index contributed by atoms with van der Waals surface area (Å²) in [4.78, 5) is 22.6. The second-order valence-corrected chi connectivity index (χ2v) is 5.05. The topological polar surface area (TPSA) is 102 Å². The molecule has 0 unspecified atom stereocenters. The van der Waals surface area contributed by atoms with E-state index in [1.165, 1.54) is 18.2 Å². The number of ether oxygens (including phenoxy) is 1. The van der Waals surface area contributed by atoms with Gasteiger partial charge in [-0.3, -0.25) is 14.9 Å². The van der Waals surface area contributed by atoms with Crippen molar-refractivity contribution in [2.75, 3.05) is 13.2 Å². The third-order valence-electron chi connectivity index (χ3n) is 3.49. The molecule has 1 saturated carbocycles. The van der Waals surface area contributed by atoms with E-state index in [1.807, 2.05) is 0 Å². The highest BCUT2D eigenvalue weighted by molar-refractivity contribution is 5.98. The molecule has 1 aromatic rings. The van der Waals surface area contributed by atoms with E-state index >= 15 is 0 Å². The van der Waals surface area contributed by atoms with Gasteiger partial charge in [0.2, 0.25) is 5.75 Å². The van der Waals surface area contributed by atoms with Crippen molar-refractivity contribution in [3.05, 3.63) is 33.9 Å². The van der Waals surface area contributed by atoms with Crippen molar-refractivity contribution in [2.24, 2.45) is 5.92 Å². The zero-order valence-electron chi connectivity index (χ0n) is 11.7. The number of nitro groups is 1. The SMILES string of the molecule is CCOc1c(C(=O)NCC2CC(O)C2)cccc1[N+](=O)[O-]. The Morgan fingerprint density at radius 2 is 2.24 bits per heavy atom. The molecule has 7 nitrogen and oxygen atoms in total. The molecule has 114 valence electrons. The summed E-state index contributed by atoms with van der Waals surface area (Å²) >= 11 is 0. The third-order valence-corrected chi connectivity index (χ3v) is 3.49. The van der Waals surface area contributed by atoms with Crippen molar-refractivity contribution in [1.82, 2.24) is 5.32 Å². The van der Waals surface area contributed by atoms with E-state index in [-0.39, 0.29) is 35.6 Å². The molecule has 1 aliphatic rings. The van der Waals surface area contributed by atoms with Crippen molar-refractivity contribution in [1.29, 1.82) is 0 Å². The van der Waals surface area contributed by atoms with Crippen LogP contribution in [0.15, 0.2) is 18.2 Å². The molecular formula is C14H18N2O5. The summed E-state index contributed by atoms with van der Waals surface area (Å²) in [6.45, 7) is 2.39. The number of benzene rings is 1. The van der Waals surface area contributed by atoms with E-state index in [0.717, 1.165) is 0 Å². The summed E-state index contributed by atoms with van der Waals surface area (Å²) in [5, 5.41) is 22.9. The number of nitro benzene ring substituents is 1. The molecule has 2 N–H and O–H groups in total. The fraction of sp³-hybridized carbons (Fsp3) is 0.500. The Balaban J connectivity index is 2.11. The Morgan fingerprint density at radius 1 is 1.52 bits per heavy atom. The van der Waals surface area contributed by atoms with Crippen LogP contribution >= 0.6 is 0 Å². The first kappa shape index (κ1) is 15.2. The average Bonchev–Trinajstić information content (AvgIpc) is 2.42. The molecule has 0 heterocycles. The van der Waals surface area contributed by atoms with Gasteiger partial charge in [0.15, 0.2) is 0 Å². The van der Waals surface area contributed by atoms with Gasteiger partial charge in [0, 0.05) is 12.6 Å². The molecule has 0 spiro atoms. The Hall–Kier alpha value is -2.15. The molecule has 1 aromatic carbocycles. The van der Waals surface area contributed by atoms with Gasteiger partial charge in [-0.2, -0.15) is 0 Å². The number of hydrogen-bond donors (Lipinski definition) is 2. The smallest absolute Gasteiger partial charge is 0.311 e. The van der Waals surface area contributed by atoms with Crippen molar-refractivity contribution < 1.29 is 19.6 Å². The van der Waals surface area contributed by atoms with Crippen LogP contribution in [0.1, 0.15) is 30.1 Å². The molecular weight excluding hydrogens is 276 g/mol. The minimum absolute atomic E-state index is 0.00357. The van der Waals surface area contributed by atoms with Crippen LogP contribution in [0.3, 0.4) is 0 Å². The van der Waals surface area contributed by atoms with Gasteiger partial charge in [-0.1, -0.05) is 6.07 Å². The monoisotopic (exact) mass is 294 g/mol. The number of aliphatic hydroxyl groups is 1. The third kappa shape index (κ3) is 3.49. The van der Waals surface area contributed by atoms with Gasteiger partial charge >= 0.3 is 5.69 Å². The zero-order valence-corrected chi connectivity index (χ0v) is 11.7. The molecule has 0 aliphatic heterocycles. The number of nitrogens with zero attached hydrogens (tertiary/aromatic N) is 1. The number of carbonyl (C=O) groups excluding carboxylic acids is 1. The maximum absolute atomic E-state index is 12.2. The second-order valence-electron chi connectivity index (χ2n) is 5.05. The summed E-state index contributed by atoms with van der Waals surface area (Å²) in [5.41, 5.74) is -0.0607. The fourth-order valence-electron chi connectivity index (χ4n) is 2.34. The van der Waals surface area contributed by atoms with Crippen molar-refractivity contribution in [3.63, 3.8) is 0 Å². The average molecular weight is 294 g/mol. The fourth-order valence-corrected chi connectivity index (χ4v) is 2.34. The Labute approximate surface area is 122 Å². The maximum Gasteiger partial charge on any atom is 0.311 e. The largest absolute Gasteiger partial charge is 0.487 e. The Kier molecular flexibility index (Phi) is 4.74. The van der Waals surface area contributed by atoms with Crippen molar-refractivity contribution in [2.45, 2.75) is 25.9 Å². The van der Waals surface area contributed by atoms with E-state index in [4.69, 9.17) is 4.74 Å². The molecule has 7 heteroatoms. The summed E-state index contributed by atoms with van der Waals surface area (Å²) < 4.78 is 5.27. The van der Waals surface area contributed by atoms with Crippen LogP contribution < -0.4 is 10.1 Å². The summed E-state index contributed by atoms with van der Waals surface area (Å²) in [5.74, 6) is -0.141.